The third kappa shape index (κ3) is 6.48. The Labute approximate surface area is 206 Å². The number of rotatable bonds is 6. The number of ether oxygens (including phenoxy) is 2. The normalized spacial score (nSPS) is 12.4. The van der Waals surface area contributed by atoms with Crippen LogP contribution in [-0.4, -0.2) is 31.1 Å². The molecule has 0 fully saturated rings. The number of nitrogens with zero attached hydrogens (tertiary/aromatic N) is 1. The van der Waals surface area contributed by atoms with Gasteiger partial charge in [-0.1, -0.05) is 12.1 Å². The number of imide groups is 1. The van der Waals surface area contributed by atoms with Gasteiger partial charge >= 0.3 is 18.4 Å². The van der Waals surface area contributed by atoms with Gasteiger partial charge in [-0.05, 0) is 48.0 Å². The molecule has 2 aromatic carbocycles. The zero-order chi connectivity index (χ0) is 27.4. The van der Waals surface area contributed by atoms with Crippen molar-refractivity contribution in [2.45, 2.75) is 18.4 Å². The lowest BCUT2D eigenvalue weighted by Crippen LogP contribution is -2.42. The van der Waals surface area contributed by atoms with Crippen LogP contribution in [0.4, 0.5) is 31.1 Å². The summed E-state index contributed by atoms with van der Waals surface area (Å²) >= 11 is 0. The van der Waals surface area contributed by atoms with Crippen molar-refractivity contribution in [3.05, 3.63) is 88.7 Å². The Morgan fingerprint density at radius 1 is 0.865 bits per heavy atom. The lowest BCUT2D eigenvalue weighted by atomic mass is 9.98. The number of benzene rings is 2. The summed E-state index contributed by atoms with van der Waals surface area (Å²) in [7, 11) is 2.70. The van der Waals surface area contributed by atoms with Crippen molar-refractivity contribution in [1.29, 1.82) is 0 Å². The molecule has 1 atom stereocenters. The molecular formula is C24H19F6N3O4. The predicted molar refractivity (Wildman–Crippen MR) is 118 cm³/mol. The first kappa shape index (κ1) is 27.3. The highest BCUT2D eigenvalue weighted by Gasteiger charge is 2.37. The van der Waals surface area contributed by atoms with Crippen LogP contribution < -0.4 is 20.1 Å². The Kier molecular flexibility index (Phi) is 7.94. The molecule has 1 aromatic heterocycles. The van der Waals surface area contributed by atoms with Gasteiger partial charge in [-0.15, -0.1) is 0 Å². The molecule has 3 aromatic rings. The second-order valence-electron chi connectivity index (χ2n) is 7.48. The number of hydrogen-bond acceptors (Lipinski definition) is 5. The molecular weight excluding hydrogens is 508 g/mol. The summed E-state index contributed by atoms with van der Waals surface area (Å²) in [4.78, 5) is 29.0. The zero-order valence-corrected chi connectivity index (χ0v) is 19.2. The highest BCUT2D eigenvalue weighted by molar-refractivity contribution is 6.04. The molecule has 0 spiro atoms. The van der Waals surface area contributed by atoms with Crippen LogP contribution in [0.15, 0.2) is 60.8 Å². The first-order valence-electron chi connectivity index (χ1n) is 10.4. The molecule has 2 N–H and O–H groups in total. The highest BCUT2D eigenvalue weighted by atomic mass is 19.4. The molecule has 3 amide bonds. The maximum absolute atomic E-state index is 13.7. The Morgan fingerprint density at radius 3 is 2.08 bits per heavy atom. The Balaban J connectivity index is 1.94. The minimum absolute atomic E-state index is 0.0345. The number of pyridine rings is 1. The smallest absolute Gasteiger partial charge is 0.418 e. The molecule has 0 saturated heterocycles. The first-order chi connectivity index (χ1) is 17.3. The second-order valence-corrected chi connectivity index (χ2v) is 7.48. The van der Waals surface area contributed by atoms with Gasteiger partial charge in [-0.2, -0.15) is 26.3 Å². The number of nitrogens with one attached hydrogen (secondary N) is 2. The van der Waals surface area contributed by atoms with Crippen molar-refractivity contribution < 1.29 is 45.4 Å². The zero-order valence-electron chi connectivity index (χ0n) is 19.2. The van der Waals surface area contributed by atoms with Crippen molar-refractivity contribution >= 4 is 11.9 Å². The van der Waals surface area contributed by atoms with Gasteiger partial charge < -0.3 is 14.8 Å². The SMILES string of the molecule is COc1ccc(C(=O)NC(=O)N[C@@H](c2ccc(C(F)(F)F)cc2)c2ncccc2C(F)(F)F)cc1OC. The van der Waals surface area contributed by atoms with Crippen molar-refractivity contribution in [3.63, 3.8) is 0 Å². The molecule has 196 valence electrons. The Bertz CT molecular complexity index is 1280. The number of hydrogen-bond donors (Lipinski definition) is 2. The van der Waals surface area contributed by atoms with Crippen LogP contribution in [-0.2, 0) is 12.4 Å². The number of aromatic nitrogens is 1. The fraction of sp³-hybridized carbons (Fsp3) is 0.208. The fourth-order valence-electron chi connectivity index (χ4n) is 3.38. The largest absolute Gasteiger partial charge is 0.493 e. The molecule has 13 heteroatoms. The number of urea groups is 1. The summed E-state index contributed by atoms with van der Waals surface area (Å²) in [6.07, 6.45) is -8.54. The van der Waals surface area contributed by atoms with E-state index in [1.54, 1.807) is 0 Å². The van der Waals surface area contributed by atoms with Crippen molar-refractivity contribution in [1.82, 2.24) is 15.6 Å². The van der Waals surface area contributed by atoms with E-state index in [1.807, 2.05) is 5.32 Å². The third-order valence-electron chi connectivity index (χ3n) is 5.14. The molecule has 7 nitrogen and oxygen atoms in total. The lowest BCUT2D eigenvalue weighted by molar-refractivity contribution is -0.139. The van der Waals surface area contributed by atoms with Gasteiger partial charge in [-0.25, -0.2) is 4.79 Å². The number of carbonyl (C=O) groups is 2. The Hall–Kier alpha value is -4.29. The van der Waals surface area contributed by atoms with E-state index in [2.05, 4.69) is 10.3 Å². The van der Waals surface area contributed by atoms with Gasteiger partial charge in [0.15, 0.2) is 11.5 Å². The molecule has 0 unspecified atom stereocenters. The number of halogens is 6. The Morgan fingerprint density at radius 2 is 1.51 bits per heavy atom. The number of carbonyl (C=O) groups excluding carboxylic acids is 2. The van der Waals surface area contributed by atoms with E-state index < -0.39 is 47.2 Å². The average molecular weight is 527 g/mol. The molecule has 1 heterocycles. The molecule has 0 bridgehead atoms. The molecule has 0 aliphatic carbocycles. The van der Waals surface area contributed by atoms with Crippen molar-refractivity contribution in [2.24, 2.45) is 0 Å². The fourth-order valence-corrected chi connectivity index (χ4v) is 3.38. The van der Waals surface area contributed by atoms with Gasteiger partial charge in [-0.3, -0.25) is 15.1 Å². The van der Waals surface area contributed by atoms with E-state index in [0.717, 1.165) is 24.4 Å². The molecule has 3 rings (SSSR count). The topological polar surface area (TPSA) is 89.5 Å². The van der Waals surface area contributed by atoms with E-state index in [1.165, 1.54) is 32.4 Å². The molecule has 37 heavy (non-hydrogen) atoms. The summed E-state index contributed by atoms with van der Waals surface area (Å²) < 4.78 is 90.1. The van der Waals surface area contributed by atoms with Gasteiger partial charge in [0.2, 0.25) is 0 Å². The van der Waals surface area contributed by atoms with E-state index in [9.17, 15) is 35.9 Å². The van der Waals surface area contributed by atoms with Gasteiger partial charge in [0, 0.05) is 11.8 Å². The summed E-state index contributed by atoms with van der Waals surface area (Å²) in [6.45, 7) is 0. The summed E-state index contributed by atoms with van der Waals surface area (Å²) in [5.41, 5.74) is -3.10. The summed E-state index contributed by atoms with van der Waals surface area (Å²) in [5, 5.41) is 4.18. The van der Waals surface area contributed by atoms with E-state index in [-0.39, 0.29) is 16.9 Å². The molecule has 0 saturated carbocycles. The van der Waals surface area contributed by atoms with E-state index >= 15 is 0 Å². The van der Waals surface area contributed by atoms with Crippen LogP contribution in [0.1, 0.15) is 38.8 Å². The third-order valence-corrected chi connectivity index (χ3v) is 5.14. The first-order valence-corrected chi connectivity index (χ1v) is 10.4. The summed E-state index contributed by atoms with van der Waals surface area (Å²) in [6, 6.07) is 6.01. The van der Waals surface area contributed by atoms with Crippen LogP contribution in [0.5, 0.6) is 11.5 Å². The standard InChI is InChI=1S/C24H19F6N3O4/c1-36-17-10-7-14(12-18(17)37-2)21(34)33-22(35)32-19(13-5-8-15(9-6-13)23(25,26)27)20-16(24(28,29)30)4-3-11-31-20/h3-12,19H,1-2H3,(H2,32,33,34,35)/t19-/m0/s1. The number of amides is 3. The van der Waals surface area contributed by atoms with Gasteiger partial charge in [0.05, 0.1) is 37.1 Å². The lowest BCUT2D eigenvalue weighted by Gasteiger charge is -2.23. The minimum Gasteiger partial charge on any atom is -0.493 e. The quantitative estimate of drug-likeness (QED) is 0.421. The predicted octanol–water partition coefficient (Wildman–Crippen LogP) is 5.37. The van der Waals surface area contributed by atoms with E-state index in [4.69, 9.17) is 9.47 Å². The van der Waals surface area contributed by atoms with E-state index in [0.29, 0.717) is 23.9 Å². The number of methoxy groups -OCH3 is 2. The van der Waals surface area contributed by atoms with Gasteiger partial charge in [0.1, 0.15) is 0 Å². The van der Waals surface area contributed by atoms with Crippen LogP contribution in [0, 0.1) is 0 Å². The van der Waals surface area contributed by atoms with Crippen molar-refractivity contribution in [3.8, 4) is 11.5 Å². The molecule has 0 radical (unpaired) electrons. The second kappa shape index (κ2) is 10.8. The highest BCUT2D eigenvalue weighted by Crippen LogP contribution is 2.36. The van der Waals surface area contributed by atoms with Crippen LogP contribution in [0.25, 0.3) is 0 Å². The molecule has 0 aliphatic heterocycles. The minimum atomic E-state index is -4.89. The maximum atomic E-state index is 13.7. The van der Waals surface area contributed by atoms with Crippen LogP contribution in [0.2, 0.25) is 0 Å². The van der Waals surface area contributed by atoms with Crippen molar-refractivity contribution in [2.75, 3.05) is 14.2 Å². The average Bonchev–Trinajstić information content (AvgIpc) is 2.85. The molecule has 0 aliphatic rings. The monoisotopic (exact) mass is 527 g/mol. The number of alkyl halides is 6. The van der Waals surface area contributed by atoms with Crippen LogP contribution in [0.3, 0.4) is 0 Å². The summed E-state index contributed by atoms with van der Waals surface area (Å²) in [5.74, 6) is -0.441. The van der Waals surface area contributed by atoms with Gasteiger partial charge in [0.25, 0.3) is 5.91 Å². The van der Waals surface area contributed by atoms with Crippen LogP contribution >= 0.6 is 0 Å². The maximum Gasteiger partial charge on any atom is 0.418 e.